The Labute approximate surface area is 111 Å². The molecule has 3 N–H and O–H groups in total. The smallest absolute Gasteiger partial charge is 0.282 e. The molecule has 1 aromatic carbocycles. The molecule has 2 rings (SSSR count). The Morgan fingerprint density at radius 3 is 2.84 bits per heavy atom. The molecule has 0 heterocycles. The molecule has 6 nitrogen and oxygen atoms in total. The number of nitrogens with two attached hydrogens (primary N) is 1. The van der Waals surface area contributed by atoms with Gasteiger partial charge in [0.2, 0.25) is 0 Å². The number of amides is 1. The van der Waals surface area contributed by atoms with Crippen LogP contribution in [0.1, 0.15) is 29.6 Å². The molecule has 102 valence electrons. The number of benzene rings is 1. The zero-order valence-electron chi connectivity index (χ0n) is 10.5. The highest BCUT2D eigenvalue weighted by molar-refractivity contribution is 5.98. The van der Waals surface area contributed by atoms with E-state index in [1.165, 1.54) is 12.1 Å². The van der Waals surface area contributed by atoms with E-state index in [1.54, 1.807) is 12.1 Å². The van der Waals surface area contributed by atoms with Crippen molar-refractivity contribution in [2.24, 2.45) is 11.7 Å². The van der Waals surface area contributed by atoms with Crippen molar-refractivity contribution < 1.29 is 9.72 Å². The van der Waals surface area contributed by atoms with Crippen LogP contribution < -0.4 is 11.1 Å². The highest BCUT2D eigenvalue weighted by atomic mass is 16.6. The first kappa shape index (κ1) is 13.5. The summed E-state index contributed by atoms with van der Waals surface area (Å²) in [5.74, 6) is -0.121. The van der Waals surface area contributed by atoms with Crippen molar-refractivity contribution >= 4 is 11.6 Å². The third-order valence-electron chi connectivity index (χ3n) is 3.62. The van der Waals surface area contributed by atoms with Crippen LogP contribution >= 0.6 is 0 Å². The zero-order chi connectivity index (χ0) is 13.8. The van der Waals surface area contributed by atoms with Gasteiger partial charge < -0.3 is 11.1 Å². The summed E-state index contributed by atoms with van der Waals surface area (Å²) in [6.07, 6.45) is 2.91. The molecule has 1 aromatic rings. The van der Waals surface area contributed by atoms with Crippen LogP contribution in [0, 0.1) is 16.0 Å². The number of nitrogens with zero attached hydrogens (tertiary/aromatic N) is 1. The zero-order valence-corrected chi connectivity index (χ0v) is 10.5. The van der Waals surface area contributed by atoms with Crippen LogP contribution in [0.2, 0.25) is 0 Å². The van der Waals surface area contributed by atoms with Crippen LogP contribution in [-0.2, 0) is 0 Å². The third-order valence-corrected chi connectivity index (χ3v) is 3.62. The average Bonchev–Trinajstić information content (AvgIpc) is 2.85. The SMILES string of the molecule is NCC1CCCC1NC(=O)c1ccccc1[N+](=O)[O-]. The molecule has 1 aliphatic carbocycles. The maximum Gasteiger partial charge on any atom is 0.282 e. The quantitative estimate of drug-likeness (QED) is 0.634. The summed E-state index contributed by atoms with van der Waals surface area (Å²) in [7, 11) is 0. The van der Waals surface area contributed by atoms with Crippen LogP contribution in [0.4, 0.5) is 5.69 Å². The molecule has 0 bridgehead atoms. The molecule has 1 amide bonds. The predicted octanol–water partition coefficient (Wildman–Crippen LogP) is 1.45. The minimum absolute atomic E-state index is 0.0253. The third kappa shape index (κ3) is 2.90. The van der Waals surface area contributed by atoms with E-state index in [0.717, 1.165) is 19.3 Å². The van der Waals surface area contributed by atoms with Crippen LogP contribution in [0.15, 0.2) is 24.3 Å². The largest absolute Gasteiger partial charge is 0.349 e. The lowest BCUT2D eigenvalue weighted by Gasteiger charge is -2.19. The Bertz CT molecular complexity index is 490. The number of nitro benzene ring substituents is 1. The van der Waals surface area contributed by atoms with Crippen molar-refractivity contribution in [2.75, 3.05) is 6.54 Å². The maximum atomic E-state index is 12.1. The lowest BCUT2D eigenvalue weighted by Crippen LogP contribution is -2.40. The molecule has 0 radical (unpaired) electrons. The van der Waals surface area contributed by atoms with Crippen molar-refractivity contribution in [1.29, 1.82) is 0 Å². The van der Waals surface area contributed by atoms with E-state index in [-0.39, 0.29) is 23.2 Å². The summed E-state index contributed by atoms with van der Waals surface area (Å²) in [4.78, 5) is 22.5. The van der Waals surface area contributed by atoms with Crippen LogP contribution in [0.5, 0.6) is 0 Å². The Morgan fingerprint density at radius 2 is 2.16 bits per heavy atom. The standard InChI is InChI=1S/C13H17N3O3/c14-8-9-4-3-6-11(9)15-13(17)10-5-1-2-7-12(10)16(18)19/h1-2,5,7,9,11H,3-4,6,8,14H2,(H,15,17). The normalized spacial score (nSPS) is 22.2. The average molecular weight is 263 g/mol. The van der Waals surface area contributed by atoms with Gasteiger partial charge in [0.25, 0.3) is 11.6 Å². The number of hydrogen-bond acceptors (Lipinski definition) is 4. The number of rotatable bonds is 4. The Balaban J connectivity index is 2.14. The molecule has 1 fully saturated rings. The molecule has 6 heteroatoms. The first-order valence-corrected chi connectivity index (χ1v) is 6.38. The van der Waals surface area contributed by atoms with Gasteiger partial charge in [-0.05, 0) is 31.4 Å². The molecule has 1 saturated carbocycles. The van der Waals surface area contributed by atoms with Gasteiger partial charge in [0, 0.05) is 12.1 Å². The van der Waals surface area contributed by atoms with Crippen molar-refractivity contribution in [2.45, 2.75) is 25.3 Å². The fourth-order valence-corrected chi connectivity index (χ4v) is 2.58. The monoisotopic (exact) mass is 263 g/mol. The second-order valence-corrected chi connectivity index (χ2v) is 4.78. The number of para-hydroxylation sites is 1. The first-order chi connectivity index (χ1) is 9.13. The number of nitrogens with one attached hydrogen (secondary N) is 1. The lowest BCUT2D eigenvalue weighted by atomic mass is 10.0. The van der Waals surface area contributed by atoms with Crippen molar-refractivity contribution in [3.63, 3.8) is 0 Å². The summed E-state index contributed by atoms with van der Waals surface area (Å²) in [6, 6.07) is 6.01. The molecule has 1 aliphatic rings. The minimum Gasteiger partial charge on any atom is -0.349 e. The number of carbonyl (C=O) groups excluding carboxylic acids is 1. The summed E-state index contributed by atoms with van der Waals surface area (Å²) in [6.45, 7) is 0.530. The molecule has 19 heavy (non-hydrogen) atoms. The van der Waals surface area contributed by atoms with E-state index < -0.39 is 10.8 Å². The number of carbonyl (C=O) groups is 1. The highest BCUT2D eigenvalue weighted by Gasteiger charge is 2.29. The van der Waals surface area contributed by atoms with E-state index in [2.05, 4.69) is 5.32 Å². The van der Waals surface area contributed by atoms with Crippen molar-refractivity contribution in [3.05, 3.63) is 39.9 Å². The van der Waals surface area contributed by atoms with Crippen LogP contribution in [0.3, 0.4) is 0 Å². The van der Waals surface area contributed by atoms with Gasteiger partial charge in [0.05, 0.1) is 4.92 Å². The summed E-state index contributed by atoms with van der Waals surface area (Å²) in [5, 5.41) is 13.8. The highest BCUT2D eigenvalue weighted by Crippen LogP contribution is 2.25. The molecular formula is C13H17N3O3. The Morgan fingerprint density at radius 1 is 1.42 bits per heavy atom. The molecule has 0 saturated heterocycles. The van der Waals surface area contributed by atoms with E-state index in [4.69, 9.17) is 5.73 Å². The molecule has 0 spiro atoms. The van der Waals surface area contributed by atoms with Crippen molar-refractivity contribution in [1.82, 2.24) is 5.32 Å². The second-order valence-electron chi connectivity index (χ2n) is 4.78. The van der Waals surface area contributed by atoms with Gasteiger partial charge in [-0.25, -0.2) is 0 Å². The topological polar surface area (TPSA) is 98.3 Å². The lowest BCUT2D eigenvalue weighted by molar-refractivity contribution is -0.385. The van der Waals surface area contributed by atoms with Gasteiger partial charge in [0.15, 0.2) is 0 Å². The van der Waals surface area contributed by atoms with E-state index >= 15 is 0 Å². The maximum absolute atomic E-state index is 12.1. The minimum atomic E-state index is -0.538. The number of hydrogen-bond donors (Lipinski definition) is 2. The fraction of sp³-hybridized carbons (Fsp3) is 0.462. The van der Waals surface area contributed by atoms with Gasteiger partial charge in [0.1, 0.15) is 5.56 Å². The van der Waals surface area contributed by atoms with Gasteiger partial charge >= 0.3 is 0 Å². The van der Waals surface area contributed by atoms with Gasteiger partial charge in [-0.2, -0.15) is 0 Å². The Kier molecular flexibility index (Phi) is 4.11. The first-order valence-electron chi connectivity index (χ1n) is 6.38. The second kappa shape index (κ2) is 5.79. The molecule has 0 aliphatic heterocycles. The van der Waals surface area contributed by atoms with Crippen molar-refractivity contribution in [3.8, 4) is 0 Å². The van der Waals surface area contributed by atoms with Crippen LogP contribution in [-0.4, -0.2) is 23.4 Å². The van der Waals surface area contributed by atoms with Gasteiger partial charge in [-0.3, -0.25) is 14.9 Å². The van der Waals surface area contributed by atoms with E-state index in [0.29, 0.717) is 6.54 Å². The molecule has 2 atom stereocenters. The fourth-order valence-electron chi connectivity index (χ4n) is 2.58. The predicted molar refractivity (Wildman–Crippen MR) is 70.7 cm³/mol. The Hall–Kier alpha value is -1.95. The molecule has 0 aromatic heterocycles. The number of nitro groups is 1. The molecule has 2 unspecified atom stereocenters. The summed E-state index contributed by atoms with van der Waals surface area (Å²) >= 11 is 0. The van der Waals surface area contributed by atoms with E-state index in [9.17, 15) is 14.9 Å². The van der Waals surface area contributed by atoms with Gasteiger partial charge in [-0.1, -0.05) is 18.6 Å². The van der Waals surface area contributed by atoms with E-state index in [1.807, 2.05) is 0 Å². The molecular weight excluding hydrogens is 246 g/mol. The summed E-state index contributed by atoms with van der Waals surface area (Å²) in [5.41, 5.74) is 5.60. The van der Waals surface area contributed by atoms with Gasteiger partial charge in [-0.15, -0.1) is 0 Å². The summed E-state index contributed by atoms with van der Waals surface area (Å²) < 4.78 is 0. The van der Waals surface area contributed by atoms with Crippen LogP contribution in [0.25, 0.3) is 0 Å².